The van der Waals surface area contributed by atoms with Gasteiger partial charge in [-0.3, -0.25) is 0 Å². The van der Waals surface area contributed by atoms with Gasteiger partial charge in [0.05, 0.1) is 14.1 Å². The van der Waals surface area contributed by atoms with E-state index in [1.165, 1.54) is 88.1 Å². The number of hydrogen-bond acceptors (Lipinski definition) is 0. The molecule has 0 amide bonds. The largest absolute Gasteiger partial charge is 1.00 e. The van der Waals surface area contributed by atoms with Crippen LogP contribution in [0.3, 0.4) is 0 Å². The highest BCUT2D eigenvalue weighted by molar-refractivity contribution is 4.70. The van der Waals surface area contributed by atoms with Crippen LogP contribution in [0.25, 0.3) is 0 Å². The standard InChI is InChI=1S/C17H36N.BrH/c1-4-5-6-7-8-9-10-11-12-13-14-15-17-16-18(17,2)3;/h17H,4-16H2,1-3H3;1H/q+1;/p-1. The average Bonchev–Trinajstić information content (AvgIpc) is 2.94. The van der Waals surface area contributed by atoms with Crippen molar-refractivity contribution in [2.75, 3.05) is 20.6 Å². The van der Waals surface area contributed by atoms with E-state index in [1.807, 2.05) is 0 Å². The van der Waals surface area contributed by atoms with Crippen LogP contribution < -0.4 is 17.0 Å². The second-order valence-corrected chi connectivity index (χ2v) is 6.94. The molecule has 1 rings (SSSR count). The molecule has 1 aliphatic rings. The van der Waals surface area contributed by atoms with Crippen LogP contribution >= 0.6 is 0 Å². The molecule has 1 nitrogen and oxygen atoms in total. The van der Waals surface area contributed by atoms with E-state index >= 15 is 0 Å². The molecule has 19 heavy (non-hydrogen) atoms. The minimum Gasteiger partial charge on any atom is -1.00 e. The predicted octanol–water partition coefficient (Wildman–Crippen LogP) is 2.15. The number of nitrogens with zero attached hydrogens (tertiary/aromatic N) is 1. The summed E-state index contributed by atoms with van der Waals surface area (Å²) in [5.41, 5.74) is 0. The van der Waals surface area contributed by atoms with Crippen LogP contribution in [0.2, 0.25) is 0 Å². The second-order valence-electron chi connectivity index (χ2n) is 6.94. The van der Waals surface area contributed by atoms with Gasteiger partial charge in [0.15, 0.2) is 0 Å². The Kier molecular flexibility index (Phi) is 11.4. The zero-order valence-electron chi connectivity index (χ0n) is 13.6. The Morgan fingerprint density at radius 2 is 1.11 bits per heavy atom. The average molecular weight is 334 g/mol. The Morgan fingerprint density at radius 1 is 0.737 bits per heavy atom. The van der Waals surface area contributed by atoms with Gasteiger partial charge in [-0.2, -0.15) is 0 Å². The maximum absolute atomic E-state index is 2.36. The summed E-state index contributed by atoms with van der Waals surface area (Å²) in [5.74, 6) is 0. The molecule has 1 aliphatic heterocycles. The molecule has 1 saturated heterocycles. The van der Waals surface area contributed by atoms with Crippen molar-refractivity contribution in [3.05, 3.63) is 0 Å². The van der Waals surface area contributed by atoms with Crippen LogP contribution in [0.4, 0.5) is 0 Å². The summed E-state index contributed by atoms with van der Waals surface area (Å²) in [6, 6.07) is 1.00. The summed E-state index contributed by atoms with van der Waals surface area (Å²) >= 11 is 0. The molecule has 0 aromatic rings. The molecule has 0 aliphatic carbocycles. The van der Waals surface area contributed by atoms with Crippen molar-refractivity contribution in [1.29, 1.82) is 0 Å². The van der Waals surface area contributed by atoms with Gasteiger partial charge in [0.1, 0.15) is 12.6 Å². The molecule has 0 N–H and O–H groups in total. The van der Waals surface area contributed by atoms with Crippen molar-refractivity contribution in [2.24, 2.45) is 0 Å². The third kappa shape index (κ3) is 9.90. The molecule has 1 fully saturated rings. The van der Waals surface area contributed by atoms with Crippen LogP contribution in [0.15, 0.2) is 0 Å². The zero-order valence-corrected chi connectivity index (χ0v) is 15.2. The highest BCUT2D eigenvalue weighted by Crippen LogP contribution is 2.29. The van der Waals surface area contributed by atoms with Crippen LogP contribution in [0, 0.1) is 0 Å². The lowest BCUT2D eigenvalue weighted by atomic mass is 10.0. The number of hydrogen-bond donors (Lipinski definition) is 0. The van der Waals surface area contributed by atoms with E-state index in [9.17, 15) is 0 Å². The molecule has 2 heteroatoms. The van der Waals surface area contributed by atoms with Gasteiger partial charge in [0.25, 0.3) is 0 Å². The molecule has 1 heterocycles. The second kappa shape index (κ2) is 11.1. The van der Waals surface area contributed by atoms with E-state index < -0.39 is 0 Å². The Morgan fingerprint density at radius 3 is 1.47 bits per heavy atom. The Balaban J connectivity index is 0.00000324. The molecule has 1 atom stereocenters. The van der Waals surface area contributed by atoms with E-state index in [0.717, 1.165) is 6.04 Å². The topological polar surface area (TPSA) is 0 Å². The summed E-state index contributed by atoms with van der Waals surface area (Å²) in [6.07, 6.45) is 17.6. The molecule has 0 aromatic carbocycles. The summed E-state index contributed by atoms with van der Waals surface area (Å²) in [4.78, 5) is 0. The minimum absolute atomic E-state index is 0. The molecule has 0 spiro atoms. The Hall–Kier alpha value is 0.440. The maximum atomic E-state index is 2.36. The van der Waals surface area contributed by atoms with Gasteiger partial charge in [0, 0.05) is 6.42 Å². The summed E-state index contributed by atoms with van der Waals surface area (Å²) < 4.78 is 1.29. The van der Waals surface area contributed by atoms with Gasteiger partial charge < -0.3 is 21.5 Å². The predicted molar refractivity (Wildman–Crippen MR) is 81.8 cm³/mol. The molecular formula is C17H36BrN. The summed E-state index contributed by atoms with van der Waals surface area (Å²) in [7, 11) is 4.73. The molecule has 0 saturated carbocycles. The lowest BCUT2D eigenvalue weighted by Crippen LogP contribution is -3.00. The third-order valence-corrected chi connectivity index (χ3v) is 4.68. The molecule has 1 unspecified atom stereocenters. The number of unbranched alkanes of at least 4 members (excludes halogenated alkanes) is 10. The van der Waals surface area contributed by atoms with E-state index in [-0.39, 0.29) is 17.0 Å². The lowest BCUT2D eigenvalue weighted by molar-refractivity contribution is -0.769. The van der Waals surface area contributed by atoms with Crippen molar-refractivity contribution in [1.82, 2.24) is 0 Å². The molecule has 0 bridgehead atoms. The van der Waals surface area contributed by atoms with Gasteiger partial charge in [-0.25, -0.2) is 0 Å². The fourth-order valence-corrected chi connectivity index (χ4v) is 2.98. The number of likely N-dealkylation sites (N-methyl/N-ethyl adjacent to an activating group) is 1. The first-order chi connectivity index (χ1) is 8.67. The molecule has 116 valence electrons. The van der Waals surface area contributed by atoms with Crippen LogP contribution in [0.5, 0.6) is 0 Å². The monoisotopic (exact) mass is 333 g/mol. The van der Waals surface area contributed by atoms with Gasteiger partial charge >= 0.3 is 0 Å². The highest BCUT2D eigenvalue weighted by Gasteiger charge is 2.45. The smallest absolute Gasteiger partial charge is 0.138 e. The molecule has 0 radical (unpaired) electrons. The molecular weight excluding hydrogens is 298 g/mol. The molecule has 0 aromatic heterocycles. The van der Waals surface area contributed by atoms with E-state index in [1.54, 1.807) is 0 Å². The van der Waals surface area contributed by atoms with Gasteiger partial charge in [-0.1, -0.05) is 71.1 Å². The first-order valence-corrected chi connectivity index (χ1v) is 8.49. The van der Waals surface area contributed by atoms with Crippen LogP contribution in [-0.4, -0.2) is 31.2 Å². The SMILES string of the molecule is CCCCCCCCCCCCCC1C[N+]1(C)C.[Br-]. The van der Waals surface area contributed by atoms with Crippen molar-refractivity contribution in [3.8, 4) is 0 Å². The Labute approximate surface area is 132 Å². The van der Waals surface area contributed by atoms with Gasteiger partial charge in [-0.05, 0) is 6.42 Å². The van der Waals surface area contributed by atoms with Crippen molar-refractivity contribution < 1.29 is 21.5 Å². The van der Waals surface area contributed by atoms with Gasteiger partial charge in [-0.15, -0.1) is 0 Å². The highest BCUT2D eigenvalue weighted by atomic mass is 79.9. The maximum Gasteiger partial charge on any atom is 0.138 e. The number of rotatable bonds is 12. The first kappa shape index (κ1) is 19.4. The number of halogens is 1. The van der Waals surface area contributed by atoms with E-state index in [2.05, 4.69) is 21.0 Å². The van der Waals surface area contributed by atoms with Crippen molar-refractivity contribution >= 4 is 0 Å². The van der Waals surface area contributed by atoms with Gasteiger partial charge in [0.2, 0.25) is 0 Å². The lowest BCUT2D eigenvalue weighted by Gasteiger charge is -2.05. The zero-order chi connectivity index (χ0) is 13.3. The quantitative estimate of drug-likeness (QED) is 0.291. The van der Waals surface area contributed by atoms with E-state index in [4.69, 9.17) is 0 Å². The van der Waals surface area contributed by atoms with Crippen molar-refractivity contribution in [3.63, 3.8) is 0 Å². The fourth-order valence-electron chi connectivity index (χ4n) is 2.98. The van der Waals surface area contributed by atoms with Crippen LogP contribution in [-0.2, 0) is 0 Å². The summed E-state index contributed by atoms with van der Waals surface area (Å²) in [6.45, 7) is 3.72. The van der Waals surface area contributed by atoms with E-state index in [0.29, 0.717) is 0 Å². The first-order valence-electron chi connectivity index (χ1n) is 8.49. The third-order valence-electron chi connectivity index (χ3n) is 4.68. The fraction of sp³-hybridized carbons (Fsp3) is 1.00. The summed E-state index contributed by atoms with van der Waals surface area (Å²) in [5, 5.41) is 0. The van der Waals surface area contributed by atoms with Crippen molar-refractivity contribution in [2.45, 2.75) is 90.0 Å². The van der Waals surface area contributed by atoms with Crippen LogP contribution in [0.1, 0.15) is 84.0 Å². The minimum atomic E-state index is 0. The Bertz CT molecular complexity index is 203. The normalized spacial score (nSPS) is 20.1. The number of quaternary nitrogens is 1.